The molecule has 0 aromatic heterocycles. The number of terminal acetylenes is 1. The molecule has 0 amide bonds. The van der Waals surface area contributed by atoms with E-state index in [1.807, 2.05) is 0 Å². The van der Waals surface area contributed by atoms with Crippen LogP contribution in [-0.2, 0) is 6.54 Å². The fourth-order valence-electron chi connectivity index (χ4n) is 1.30. The van der Waals surface area contributed by atoms with Crippen molar-refractivity contribution in [2.45, 2.75) is 26.3 Å². The summed E-state index contributed by atoms with van der Waals surface area (Å²) < 4.78 is 0. The number of nitrogens with one attached hydrogen (secondary N) is 1. The molecule has 2 heteroatoms. The molecule has 1 nitrogen and oxygen atoms in total. The Balaban J connectivity index is 0.00000196. The Morgan fingerprint density at radius 1 is 1.27 bits per heavy atom. The molecule has 1 aromatic rings. The van der Waals surface area contributed by atoms with Gasteiger partial charge in [-0.2, -0.15) is 0 Å². The minimum atomic E-state index is 0. The van der Waals surface area contributed by atoms with E-state index in [1.165, 1.54) is 11.1 Å². The summed E-state index contributed by atoms with van der Waals surface area (Å²) in [6.45, 7) is 5.88. The van der Waals surface area contributed by atoms with Crippen LogP contribution in [0.25, 0.3) is 0 Å². The van der Waals surface area contributed by atoms with E-state index in [4.69, 9.17) is 6.42 Å². The molecule has 0 fully saturated rings. The maximum absolute atomic E-state index is 5.14. The van der Waals surface area contributed by atoms with Gasteiger partial charge in [0.05, 0.1) is 6.54 Å². The van der Waals surface area contributed by atoms with Gasteiger partial charge >= 0.3 is 0 Å². The van der Waals surface area contributed by atoms with Gasteiger partial charge in [-0.15, -0.1) is 18.8 Å². The van der Waals surface area contributed by atoms with Gasteiger partial charge in [0.25, 0.3) is 0 Å². The molecule has 0 saturated heterocycles. The van der Waals surface area contributed by atoms with Crippen LogP contribution in [0, 0.1) is 12.3 Å². The highest BCUT2D eigenvalue weighted by Gasteiger charge is 1.97. The van der Waals surface area contributed by atoms with Crippen molar-refractivity contribution in [2.75, 3.05) is 6.54 Å². The predicted molar refractivity (Wildman–Crippen MR) is 68.3 cm³/mol. The molecule has 0 bridgehead atoms. The quantitative estimate of drug-likeness (QED) is 0.612. The molecular formula is C13H18ClN. The number of hydrogen-bond acceptors (Lipinski definition) is 1. The summed E-state index contributed by atoms with van der Waals surface area (Å²) in [5.74, 6) is 3.16. The third-order valence-electron chi connectivity index (χ3n) is 2.20. The van der Waals surface area contributed by atoms with Crippen LogP contribution in [-0.4, -0.2) is 6.54 Å². The van der Waals surface area contributed by atoms with Crippen LogP contribution in [0.4, 0.5) is 0 Å². The smallest absolute Gasteiger partial charge is 0.0576 e. The van der Waals surface area contributed by atoms with Gasteiger partial charge in [0.1, 0.15) is 0 Å². The summed E-state index contributed by atoms with van der Waals surface area (Å²) in [5.41, 5.74) is 2.66. The van der Waals surface area contributed by atoms with Crippen LogP contribution in [0.5, 0.6) is 0 Å². The second kappa shape index (κ2) is 7.34. The second-order valence-electron chi connectivity index (χ2n) is 3.70. The van der Waals surface area contributed by atoms with Gasteiger partial charge in [-0.3, -0.25) is 0 Å². The fourth-order valence-corrected chi connectivity index (χ4v) is 1.30. The molecule has 1 N–H and O–H groups in total. The lowest BCUT2D eigenvalue weighted by molar-refractivity contribution is 0.768. The Hall–Kier alpha value is -0.970. The number of hydrogen-bond donors (Lipinski definition) is 1. The van der Waals surface area contributed by atoms with Crippen LogP contribution >= 0.6 is 12.4 Å². The maximum Gasteiger partial charge on any atom is 0.0576 e. The third kappa shape index (κ3) is 4.88. The van der Waals surface area contributed by atoms with E-state index < -0.39 is 0 Å². The SMILES string of the molecule is C#CCNCc1ccc(C(C)C)cc1.Cl. The van der Waals surface area contributed by atoms with E-state index in [0.29, 0.717) is 12.5 Å². The first-order valence-electron chi connectivity index (χ1n) is 4.97. The Morgan fingerprint density at radius 2 is 1.87 bits per heavy atom. The van der Waals surface area contributed by atoms with Crippen LogP contribution in [0.2, 0.25) is 0 Å². The summed E-state index contributed by atoms with van der Waals surface area (Å²) in [6, 6.07) is 8.66. The first-order valence-corrected chi connectivity index (χ1v) is 4.97. The largest absolute Gasteiger partial charge is 0.302 e. The lowest BCUT2D eigenvalue weighted by Gasteiger charge is -2.06. The molecule has 0 heterocycles. The Labute approximate surface area is 98.7 Å². The highest BCUT2D eigenvalue weighted by Crippen LogP contribution is 2.14. The molecular weight excluding hydrogens is 206 g/mol. The molecule has 0 spiro atoms. The second-order valence-corrected chi connectivity index (χ2v) is 3.70. The zero-order chi connectivity index (χ0) is 10.4. The van der Waals surface area contributed by atoms with E-state index in [2.05, 4.69) is 49.4 Å². The van der Waals surface area contributed by atoms with E-state index in [9.17, 15) is 0 Å². The van der Waals surface area contributed by atoms with E-state index in [-0.39, 0.29) is 12.4 Å². The average molecular weight is 224 g/mol. The number of rotatable bonds is 4. The van der Waals surface area contributed by atoms with Crippen molar-refractivity contribution >= 4 is 12.4 Å². The van der Waals surface area contributed by atoms with Crippen molar-refractivity contribution in [2.24, 2.45) is 0 Å². The minimum absolute atomic E-state index is 0. The van der Waals surface area contributed by atoms with E-state index in [0.717, 1.165) is 6.54 Å². The monoisotopic (exact) mass is 223 g/mol. The Morgan fingerprint density at radius 3 is 2.33 bits per heavy atom. The molecule has 0 saturated carbocycles. The maximum atomic E-state index is 5.14. The van der Waals surface area contributed by atoms with Gasteiger partial charge < -0.3 is 5.32 Å². The van der Waals surface area contributed by atoms with Crippen LogP contribution in [0.3, 0.4) is 0 Å². The van der Waals surface area contributed by atoms with Gasteiger partial charge in [0, 0.05) is 6.54 Å². The van der Waals surface area contributed by atoms with Crippen molar-refractivity contribution in [1.29, 1.82) is 0 Å². The summed E-state index contributed by atoms with van der Waals surface area (Å²) in [6.07, 6.45) is 5.14. The van der Waals surface area contributed by atoms with Gasteiger partial charge in [0.2, 0.25) is 0 Å². The lowest BCUT2D eigenvalue weighted by Crippen LogP contribution is -2.12. The van der Waals surface area contributed by atoms with Crippen LogP contribution in [0.15, 0.2) is 24.3 Å². The number of halogens is 1. The molecule has 1 aromatic carbocycles. The first kappa shape index (κ1) is 14.0. The predicted octanol–water partition coefficient (Wildman–Crippen LogP) is 2.95. The topological polar surface area (TPSA) is 12.0 Å². The van der Waals surface area contributed by atoms with Crippen LogP contribution in [0.1, 0.15) is 30.9 Å². The summed E-state index contributed by atoms with van der Waals surface area (Å²) in [7, 11) is 0. The summed E-state index contributed by atoms with van der Waals surface area (Å²) in [5, 5.41) is 3.16. The molecule has 82 valence electrons. The number of benzene rings is 1. The molecule has 0 atom stereocenters. The summed E-state index contributed by atoms with van der Waals surface area (Å²) in [4.78, 5) is 0. The van der Waals surface area contributed by atoms with E-state index in [1.54, 1.807) is 0 Å². The van der Waals surface area contributed by atoms with Crippen molar-refractivity contribution in [3.05, 3.63) is 35.4 Å². The molecule has 15 heavy (non-hydrogen) atoms. The highest BCUT2D eigenvalue weighted by atomic mass is 35.5. The first-order chi connectivity index (χ1) is 6.74. The van der Waals surface area contributed by atoms with Gasteiger partial charge in [-0.25, -0.2) is 0 Å². The van der Waals surface area contributed by atoms with Gasteiger partial charge in [0.15, 0.2) is 0 Å². The molecule has 0 aliphatic rings. The zero-order valence-electron chi connectivity index (χ0n) is 9.29. The Kier molecular flexibility index (Phi) is 6.86. The summed E-state index contributed by atoms with van der Waals surface area (Å²) >= 11 is 0. The average Bonchev–Trinajstić information content (AvgIpc) is 2.19. The van der Waals surface area contributed by atoms with Crippen molar-refractivity contribution in [1.82, 2.24) is 5.32 Å². The lowest BCUT2D eigenvalue weighted by atomic mass is 10.0. The molecule has 0 aliphatic heterocycles. The van der Waals surface area contributed by atoms with Gasteiger partial charge in [-0.1, -0.05) is 44.0 Å². The highest BCUT2D eigenvalue weighted by molar-refractivity contribution is 5.85. The van der Waals surface area contributed by atoms with E-state index >= 15 is 0 Å². The molecule has 0 aliphatic carbocycles. The van der Waals surface area contributed by atoms with Crippen molar-refractivity contribution in [3.63, 3.8) is 0 Å². The zero-order valence-corrected chi connectivity index (χ0v) is 10.1. The molecule has 0 unspecified atom stereocenters. The minimum Gasteiger partial charge on any atom is -0.302 e. The van der Waals surface area contributed by atoms with Gasteiger partial charge in [-0.05, 0) is 17.0 Å². The standard InChI is InChI=1S/C13H17N.ClH/c1-4-9-14-10-12-5-7-13(8-6-12)11(2)3;/h1,5-8,11,14H,9-10H2,2-3H3;1H. The normalized spacial score (nSPS) is 9.47. The fraction of sp³-hybridized carbons (Fsp3) is 0.385. The van der Waals surface area contributed by atoms with Crippen molar-refractivity contribution < 1.29 is 0 Å². The van der Waals surface area contributed by atoms with Crippen LogP contribution < -0.4 is 5.32 Å². The third-order valence-corrected chi connectivity index (χ3v) is 2.20. The molecule has 1 rings (SSSR count). The molecule has 0 radical (unpaired) electrons. The Bertz CT molecular complexity index is 308. The van der Waals surface area contributed by atoms with Crippen molar-refractivity contribution in [3.8, 4) is 12.3 Å².